The first-order valence-electron chi connectivity index (χ1n) is 6.63. The van der Waals surface area contributed by atoms with E-state index in [2.05, 4.69) is 5.32 Å². The van der Waals surface area contributed by atoms with E-state index in [9.17, 15) is 14.7 Å². The standard InChI is InChI=1S/C14H19N3O3/c1-9(18)16-10-5-7-17(8-6-10)13-11(14(19)20)3-2-4-12(13)15/h2-4,10H,5-8,15H2,1H3,(H,16,18)(H,19,20). The van der Waals surface area contributed by atoms with Gasteiger partial charge in [-0.2, -0.15) is 0 Å². The third-order valence-corrected chi connectivity index (χ3v) is 3.52. The molecule has 0 unspecified atom stereocenters. The highest BCUT2D eigenvalue weighted by Crippen LogP contribution is 2.30. The smallest absolute Gasteiger partial charge is 0.337 e. The Kier molecular flexibility index (Phi) is 4.12. The van der Waals surface area contributed by atoms with Crippen molar-refractivity contribution in [3.05, 3.63) is 23.8 Å². The SMILES string of the molecule is CC(=O)NC1CCN(c2c(N)cccc2C(=O)O)CC1. The molecule has 0 atom stereocenters. The van der Waals surface area contributed by atoms with Gasteiger partial charge in [-0.05, 0) is 25.0 Å². The van der Waals surface area contributed by atoms with Gasteiger partial charge in [0, 0.05) is 26.1 Å². The Morgan fingerprint density at radius 1 is 1.35 bits per heavy atom. The summed E-state index contributed by atoms with van der Waals surface area (Å²) >= 11 is 0. The predicted octanol–water partition coefficient (Wildman–Crippen LogP) is 1.07. The van der Waals surface area contributed by atoms with Gasteiger partial charge in [0.1, 0.15) is 0 Å². The lowest BCUT2D eigenvalue weighted by Gasteiger charge is -2.35. The molecule has 0 bridgehead atoms. The minimum absolute atomic E-state index is 0.0334. The van der Waals surface area contributed by atoms with E-state index >= 15 is 0 Å². The van der Waals surface area contributed by atoms with Gasteiger partial charge in [0.15, 0.2) is 0 Å². The van der Waals surface area contributed by atoms with Crippen LogP contribution in [0.2, 0.25) is 0 Å². The van der Waals surface area contributed by atoms with Crippen molar-refractivity contribution < 1.29 is 14.7 Å². The maximum atomic E-state index is 11.3. The number of nitrogens with two attached hydrogens (primary N) is 1. The average molecular weight is 277 g/mol. The number of carbonyl (C=O) groups excluding carboxylic acids is 1. The van der Waals surface area contributed by atoms with E-state index in [1.165, 1.54) is 6.92 Å². The molecule has 1 aromatic carbocycles. The number of carbonyl (C=O) groups is 2. The molecule has 0 radical (unpaired) electrons. The lowest BCUT2D eigenvalue weighted by atomic mass is 10.0. The highest BCUT2D eigenvalue weighted by molar-refractivity contribution is 5.98. The van der Waals surface area contributed by atoms with Gasteiger partial charge < -0.3 is 21.1 Å². The van der Waals surface area contributed by atoms with Crippen molar-refractivity contribution in [2.24, 2.45) is 0 Å². The van der Waals surface area contributed by atoms with Gasteiger partial charge in [-0.15, -0.1) is 0 Å². The van der Waals surface area contributed by atoms with Gasteiger partial charge in [-0.1, -0.05) is 6.07 Å². The predicted molar refractivity (Wildman–Crippen MR) is 76.9 cm³/mol. The number of anilines is 2. The highest BCUT2D eigenvalue weighted by Gasteiger charge is 2.24. The molecule has 20 heavy (non-hydrogen) atoms. The van der Waals surface area contributed by atoms with E-state index < -0.39 is 5.97 Å². The van der Waals surface area contributed by atoms with Gasteiger partial charge in [0.05, 0.1) is 16.9 Å². The number of carboxylic acid groups (broad SMARTS) is 1. The van der Waals surface area contributed by atoms with E-state index in [4.69, 9.17) is 5.73 Å². The second kappa shape index (κ2) is 5.81. The van der Waals surface area contributed by atoms with Crippen LogP contribution in [0.3, 0.4) is 0 Å². The van der Waals surface area contributed by atoms with Gasteiger partial charge in [0.2, 0.25) is 5.91 Å². The highest BCUT2D eigenvalue weighted by atomic mass is 16.4. The molecule has 0 spiro atoms. The third-order valence-electron chi connectivity index (χ3n) is 3.52. The van der Waals surface area contributed by atoms with Crippen LogP contribution < -0.4 is 16.0 Å². The van der Waals surface area contributed by atoms with Crippen molar-refractivity contribution in [1.82, 2.24) is 5.32 Å². The van der Waals surface area contributed by atoms with Crippen molar-refractivity contribution in [2.75, 3.05) is 23.7 Å². The zero-order chi connectivity index (χ0) is 14.7. The molecule has 6 heteroatoms. The van der Waals surface area contributed by atoms with Gasteiger partial charge in [0.25, 0.3) is 0 Å². The van der Waals surface area contributed by atoms with E-state index in [1.807, 2.05) is 4.90 Å². The van der Waals surface area contributed by atoms with Crippen molar-refractivity contribution >= 4 is 23.3 Å². The summed E-state index contributed by atoms with van der Waals surface area (Å²) in [5.41, 5.74) is 7.22. The normalized spacial score (nSPS) is 15.9. The van der Waals surface area contributed by atoms with Gasteiger partial charge in [-0.25, -0.2) is 4.79 Å². The molecule has 1 aliphatic rings. The Morgan fingerprint density at radius 3 is 2.55 bits per heavy atom. The average Bonchev–Trinajstić information content (AvgIpc) is 2.39. The molecule has 1 aliphatic heterocycles. The first-order valence-corrected chi connectivity index (χ1v) is 6.63. The van der Waals surface area contributed by atoms with Crippen LogP contribution in [0.25, 0.3) is 0 Å². The molecule has 2 rings (SSSR count). The van der Waals surface area contributed by atoms with Gasteiger partial charge >= 0.3 is 5.97 Å². The number of piperidine rings is 1. The molecule has 0 saturated carbocycles. The Balaban J connectivity index is 2.14. The van der Waals surface area contributed by atoms with Crippen LogP contribution >= 0.6 is 0 Å². The lowest BCUT2D eigenvalue weighted by Crippen LogP contribution is -2.44. The number of benzene rings is 1. The van der Waals surface area contributed by atoms with E-state index in [0.717, 1.165) is 12.8 Å². The molecule has 0 aliphatic carbocycles. The molecule has 4 N–H and O–H groups in total. The summed E-state index contributed by atoms with van der Waals surface area (Å²) in [6.45, 7) is 2.86. The summed E-state index contributed by atoms with van der Waals surface area (Å²) in [5, 5.41) is 12.1. The number of carboxylic acids is 1. The monoisotopic (exact) mass is 277 g/mol. The Morgan fingerprint density at radius 2 is 2.00 bits per heavy atom. The lowest BCUT2D eigenvalue weighted by molar-refractivity contribution is -0.119. The fraction of sp³-hybridized carbons (Fsp3) is 0.429. The molecule has 1 aromatic rings. The number of nitrogens with one attached hydrogen (secondary N) is 1. The quantitative estimate of drug-likeness (QED) is 0.718. The topological polar surface area (TPSA) is 95.7 Å². The van der Waals surface area contributed by atoms with E-state index in [1.54, 1.807) is 18.2 Å². The first kappa shape index (κ1) is 14.2. The van der Waals surface area contributed by atoms with Crippen LogP contribution in [0.15, 0.2) is 18.2 Å². The Labute approximate surface area is 117 Å². The first-order chi connectivity index (χ1) is 9.49. The Bertz CT molecular complexity index is 522. The largest absolute Gasteiger partial charge is 0.478 e. The van der Waals surface area contributed by atoms with Crippen LogP contribution in [0.5, 0.6) is 0 Å². The number of hydrogen-bond donors (Lipinski definition) is 3. The fourth-order valence-electron chi connectivity index (χ4n) is 2.62. The molecule has 108 valence electrons. The third kappa shape index (κ3) is 3.01. The number of rotatable bonds is 3. The fourth-order valence-corrected chi connectivity index (χ4v) is 2.62. The zero-order valence-electron chi connectivity index (χ0n) is 11.4. The zero-order valence-corrected chi connectivity index (χ0v) is 11.4. The van der Waals surface area contributed by atoms with Crippen LogP contribution in [0.4, 0.5) is 11.4 Å². The minimum atomic E-state index is -0.976. The second-order valence-electron chi connectivity index (χ2n) is 5.01. The molecular weight excluding hydrogens is 258 g/mol. The van der Waals surface area contributed by atoms with Crippen molar-refractivity contribution in [3.63, 3.8) is 0 Å². The van der Waals surface area contributed by atoms with Gasteiger partial charge in [-0.3, -0.25) is 4.79 Å². The van der Waals surface area contributed by atoms with E-state index in [-0.39, 0.29) is 17.5 Å². The molecular formula is C14H19N3O3. The number of aromatic carboxylic acids is 1. The molecule has 1 heterocycles. The molecule has 0 aromatic heterocycles. The number of nitrogens with zero attached hydrogens (tertiary/aromatic N) is 1. The number of nitrogen functional groups attached to an aromatic ring is 1. The summed E-state index contributed by atoms with van der Waals surface area (Å²) < 4.78 is 0. The summed E-state index contributed by atoms with van der Waals surface area (Å²) in [4.78, 5) is 24.3. The minimum Gasteiger partial charge on any atom is -0.478 e. The second-order valence-corrected chi connectivity index (χ2v) is 5.01. The van der Waals surface area contributed by atoms with Crippen molar-refractivity contribution in [1.29, 1.82) is 0 Å². The van der Waals surface area contributed by atoms with E-state index in [0.29, 0.717) is 24.5 Å². The molecule has 6 nitrogen and oxygen atoms in total. The van der Waals surface area contributed by atoms with Crippen LogP contribution in [0, 0.1) is 0 Å². The maximum Gasteiger partial charge on any atom is 0.337 e. The number of para-hydroxylation sites is 1. The van der Waals surface area contributed by atoms with Crippen LogP contribution in [-0.2, 0) is 4.79 Å². The molecule has 1 fully saturated rings. The number of amides is 1. The number of hydrogen-bond acceptors (Lipinski definition) is 4. The van der Waals surface area contributed by atoms with Crippen molar-refractivity contribution in [2.45, 2.75) is 25.8 Å². The summed E-state index contributed by atoms with van der Waals surface area (Å²) in [7, 11) is 0. The molecule has 1 saturated heterocycles. The summed E-state index contributed by atoms with van der Waals surface area (Å²) in [5.74, 6) is -1.01. The maximum absolute atomic E-state index is 11.3. The Hall–Kier alpha value is -2.24. The van der Waals surface area contributed by atoms with Crippen LogP contribution in [0.1, 0.15) is 30.1 Å². The summed E-state index contributed by atoms with van der Waals surface area (Å²) in [6, 6.07) is 5.07. The molecule has 1 amide bonds. The van der Waals surface area contributed by atoms with Crippen LogP contribution in [-0.4, -0.2) is 36.1 Å². The summed E-state index contributed by atoms with van der Waals surface area (Å²) in [6.07, 6.45) is 1.57. The van der Waals surface area contributed by atoms with Crippen molar-refractivity contribution in [3.8, 4) is 0 Å².